The van der Waals surface area contributed by atoms with Crippen LogP contribution < -0.4 is 21.0 Å². The van der Waals surface area contributed by atoms with Crippen LogP contribution in [-0.2, 0) is 4.79 Å². The van der Waals surface area contributed by atoms with E-state index < -0.39 is 6.04 Å². The Hall–Kier alpha value is -2.12. The van der Waals surface area contributed by atoms with Gasteiger partial charge in [0.15, 0.2) is 0 Å². The molecule has 2 aromatic rings. The number of nitrogens with zero attached hydrogens (tertiary/aromatic N) is 1. The second-order valence-corrected chi connectivity index (χ2v) is 7.23. The number of amides is 1. The van der Waals surface area contributed by atoms with Gasteiger partial charge >= 0.3 is 0 Å². The van der Waals surface area contributed by atoms with Gasteiger partial charge in [-0.2, -0.15) is 5.10 Å². The summed E-state index contributed by atoms with van der Waals surface area (Å²) in [4.78, 5) is 12.3. The molecule has 148 valence electrons. The van der Waals surface area contributed by atoms with Crippen LogP contribution in [0.25, 0.3) is 0 Å². The first-order chi connectivity index (χ1) is 13.6. The Morgan fingerprint density at radius 3 is 2.61 bits per heavy atom. The Kier molecular flexibility index (Phi) is 7.28. The van der Waals surface area contributed by atoms with E-state index in [-0.39, 0.29) is 11.9 Å². The molecular formula is C20H22Cl2N4O2. The average molecular weight is 421 g/mol. The normalized spacial score (nSPS) is 19.1. The van der Waals surface area contributed by atoms with E-state index in [9.17, 15) is 4.79 Å². The molecule has 28 heavy (non-hydrogen) atoms. The van der Waals surface area contributed by atoms with Crippen molar-refractivity contribution in [2.45, 2.75) is 31.8 Å². The highest BCUT2D eigenvalue weighted by molar-refractivity contribution is 6.38. The van der Waals surface area contributed by atoms with Crippen LogP contribution >= 0.6 is 23.2 Å². The lowest BCUT2D eigenvalue weighted by molar-refractivity contribution is -0.122. The number of halogens is 2. The monoisotopic (exact) mass is 420 g/mol. The Morgan fingerprint density at radius 2 is 1.93 bits per heavy atom. The molecular weight excluding hydrogens is 399 g/mol. The van der Waals surface area contributed by atoms with Gasteiger partial charge < -0.3 is 4.74 Å². The van der Waals surface area contributed by atoms with Gasteiger partial charge in [-0.25, -0.2) is 16.3 Å². The molecule has 1 fully saturated rings. The summed E-state index contributed by atoms with van der Waals surface area (Å²) in [5.41, 5.74) is 10.3. The summed E-state index contributed by atoms with van der Waals surface area (Å²) in [6.45, 7) is 2.77. The molecule has 0 aliphatic carbocycles. The number of ether oxygens (including phenoxy) is 1. The molecule has 1 heterocycles. The van der Waals surface area contributed by atoms with Gasteiger partial charge in [0.05, 0.1) is 22.9 Å². The summed E-state index contributed by atoms with van der Waals surface area (Å²) in [5, 5.41) is 4.91. The first-order valence-corrected chi connectivity index (χ1v) is 9.84. The molecule has 2 aromatic carbocycles. The van der Waals surface area contributed by atoms with E-state index in [1.165, 1.54) is 6.21 Å². The van der Waals surface area contributed by atoms with E-state index in [0.29, 0.717) is 28.6 Å². The number of carbonyl (C=O) groups excluding carboxylic acids is 1. The number of benzene rings is 2. The van der Waals surface area contributed by atoms with Gasteiger partial charge in [-0.1, -0.05) is 48.3 Å². The van der Waals surface area contributed by atoms with Crippen LogP contribution in [0.5, 0.6) is 5.75 Å². The third kappa shape index (κ3) is 5.23. The van der Waals surface area contributed by atoms with Crippen molar-refractivity contribution in [1.29, 1.82) is 0 Å². The molecule has 8 heteroatoms. The van der Waals surface area contributed by atoms with E-state index in [4.69, 9.17) is 27.9 Å². The highest BCUT2D eigenvalue weighted by Gasteiger charge is 2.30. The molecule has 2 unspecified atom stereocenters. The van der Waals surface area contributed by atoms with Gasteiger partial charge in [0.25, 0.3) is 5.91 Å². The van der Waals surface area contributed by atoms with Gasteiger partial charge in [-0.05, 0) is 42.7 Å². The zero-order valence-corrected chi connectivity index (χ0v) is 16.9. The smallest absolute Gasteiger partial charge is 0.258 e. The summed E-state index contributed by atoms with van der Waals surface area (Å²) >= 11 is 12.2. The van der Waals surface area contributed by atoms with Crippen LogP contribution in [-0.4, -0.2) is 24.8 Å². The van der Waals surface area contributed by atoms with Crippen molar-refractivity contribution in [1.82, 2.24) is 16.3 Å². The highest BCUT2D eigenvalue weighted by atomic mass is 35.5. The van der Waals surface area contributed by atoms with Crippen LogP contribution in [0.15, 0.2) is 47.6 Å². The molecule has 3 N–H and O–H groups in total. The second-order valence-electron chi connectivity index (χ2n) is 6.42. The molecule has 0 bridgehead atoms. The maximum absolute atomic E-state index is 12.3. The molecule has 3 rings (SSSR count). The van der Waals surface area contributed by atoms with E-state index in [0.717, 1.165) is 17.7 Å². The fraction of sp³-hybridized carbons (Fsp3) is 0.300. The van der Waals surface area contributed by atoms with Gasteiger partial charge in [-0.3, -0.25) is 4.79 Å². The second kappa shape index (κ2) is 9.89. The van der Waals surface area contributed by atoms with Crippen LogP contribution in [0, 0.1) is 0 Å². The Morgan fingerprint density at radius 1 is 1.21 bits per heavy atom. The van der Waals surface area contributed by atoms with Gasteiger partial charge in [0.1, 0.15) is 11.8 Å². The highest BCUT2D eigenvalue weighted by Crippen LogP contribution is 2.25. The summed E-state index contributed by atoms with van der Waals surface area (Å²) in [5.74, 6) is 0.607. The number of hydrazone groups is 1. The summed E-state index contributed by atoms with van der Waals surface area (Å²) in [7, 11) is 0. The number of hydrogen-bond acceptors (Lipinski definition) is 5. The zero-order chi connectivity index (χ0) is 19.9. The Labute approximate surface area is 174 Å². The minimum atomic E-state index is -0.403. The first kappa shape index (κ1) is 20.6. The molecule has 0 radical (unpaired) electrons. The van der Waals surface area contributed by atoms with Gasteiger partial charge in [-0.15, -0.1) is 0 Å². The molecule has 0 saturated carbocycles. The summed E-state index contributed by atoms with van der Waals surface area (Å²) < 4.78 is 5.59. The quantitative estimate of drug-likeness (QED) is 0.469. The number of nitrogens with one attached hydrogen (secondary N) is 3. The first-order valence-electron chi connectivity index (χ1n) is 9.09. The predicted molar refractivity (Wildman–Crippen MR) is 112 cm³/mol. The van der Waals surface area contributed by atoms with E-state index >= 15 is 0 Å². The Balaban J connectivity index is 1.53. The zero-order valence-electron chi connectivity index (χ0n) is 15.4. The van der Waals surface area contributed by atoms with Crippen LogP contribution in [0.3, 0.4) is 0 Å². The van der Waals surface area contributed by atoms with Gasteiger partial charge in [0.2, 0.25) is 0 Å². The third-order valence-electron chi connectivity index (χ3n) is 4.34. The summed E-state index contributed by atoms with van der Waals surface area (Å²) in [6, 6.07) is 12.7. The van der Waals surface area contributed by atoms with Crippen molar-refractivity contribution in [3.63, 3.8) is 0 Å². The maximum atomic E-state index is 12.3. The van der Waals surface area contributed by atoms with E-state index in [2.05, 4.69) is 28.3 Å². The minimum absolute atomic E-state index is 0.0259. The topological polar surface area (TPSA) is 74.8 Å². The summed E-state index contributed by atoms with van der Waals surface area (Å²) in [6.07, 6.45) is 3.01. The number of rotatable bonds is 7. The lowest BCUT2D eigenvalue weighted by Crippen LogP contribution is -2.41. The van der Waals surface area contributed by atoms with Crippen molar-refractivity contribution in [2.24, 2.45) is 5.10 Å². The van der Waals surface area contributed by atoms with Crippen LogP contribution in [0.4, 0.5) is 0 Å². The number of hydrazine groups is 1. The predicted octanol–water partition coefficient (Wildman–Crippen LogP) is 3.84. The van der Waals surface area contributed by atoms with E-state index in [1.54, 1.807) is 18.2 Å². The van der Waals surface area contributed by atoms with Crippen molar-refractivity contribution < 1.29 is 9.53 Å². The maximum Gasteiger partial charge on any atom is 0.258 e. The van der Waals surface area contributed by atoms with E-state index in [1.807, 2.05) is 24.3 Å². The molecule has 1 saturated heterocycles. The third-order valence-corrected chi connectivity index (χ3v) is 5.00. The molecule has 1 amide bonds. The van der Waals surface area contributed by atoms with Crippen LogP contribution in [0.1, 0.15) is 36.9 Å². The molecule has 6 nitrogen and oxygen atoms in total. The SMILES string of the molecule is CCCOc1ccc(C2CC(C(=O)N/N=C/c3c(Cl)cccc3Cl)NN2)cc1. The minimum Gasteiger partial charge on any atom is -0.494 e. The van der Waals surface area contributed by atoms with Gasteiger partial charge in [0, 0.05) is 11.6 Å². The van der Waals surface area contributed by atoms with Crippen molar-refractivity contribution in [3.8, 4) is 5.75 Å². The molecule has 0 aromatic heterocycles. The standard InChI is InChI=1S/C20H22Cl2N4O2/c1-2-10-28-14-8-6-13(7-9-14)18-11-19(25-24-18)20(27)26-23-12-15-16(21)4-3-5-17(15)22/h3-9,12,18-19,24-25H,2,10-11H2,1H3,(H,26,27)/b23-12+. The van der Waals surface area contributed by atoms with Crippen molar-refractivity contribution >= 4 is 35.3 Å². The lowest BCUT2D eigenvalue weighted by Gasteiger charge is -2.11. The van der Waals surface area contributed by atoms with Crippen molar-refractivity contribution in [2.75, 3.05) is 6.61 Å². The molecule has 1 aliphatic rings. The molecule has 0 spiro atoms. The molecule has 1 aliphatic heterocycles. The lowest BCUT2D eigenvalue weighted by atomic mass is 10.0. The molecule has 2 atom stereocenters. The fourth-order valence-electron chi connectivity index (χ4n) is 2.84. The fourth-order valence-corrected chi connectivity index (χ4v) is 3.33. The number of carbonyl (C=O) groups is 1. The average Bonchev–Trinajstić information content (AvgIpc) is 3.19. The van der Waals surface area contributed by atoms with Crippen molar-refractivity contribution in [3.05, 3.63) is 63.6 Å². The number of hydrogen-bond donors (Lipinski definition) is 3. The Bertz CT molecular complexity index is 822. The van der Waals surface area contributed by atoms with Crippen LogP contribution in [0.2, 0.25) is 10.0 Å². The largest absolute Gasteiger partial charge is 0.494 e.